The molecule has 106 valence electrons. The van der Waals surface area contributed by atoms with E-state index >= 15 is 0 Å². The largest absolute Gasteiger partial charge is 0.375 e. The van der Waals surface area contributed by atoms with Gasteiger partial charge in [-0.3, -0.25) is 10.2 Å². The summed E-state index contributed by atoms with van der Waals surface area (Å²) in [5, 5.41) is 8.17. The van der Waals surface area contributed by atoms with Crippen LogP contribution in [-0.2, 0) is 17.9 Å². The van der Waals surface area contributed by atoms with Crippen molar-refractivity contribution in [2.45, 2.75) is 13.2 Å². The molecule has 0 radical (unpaired) electrons. The van der Waals surface area contributed by atoms with Gasteiger partial charge in [0, 0.05) is 5.02 Å². The van der Waals surface area contributed by atoms with Crippen LogP contribution in [0.4, 0.5) is 0 Å². The summed E-state index contributed by atoms with van der Waals surface area (Å²) in [7, 11) is 0. The van der Waals surface area contributed by atoms with Crippen LogP contribution >= 0.6 is 11.6 Å². The molecule has 0 atom stereocenters. The molecule has 3 N–H and O–H groups in total. The van der Waals surface area contributed by atoms with E-state index in [1.54, 1.807) is 0 Å². The Bertz CT molecular complexity index is 569. The average Bonchev–Trinajstić information content (AvgIpc) is 2.93. The number of halogens is 1. The minimum Gasteiger partial charge on any atom is -0.375 e. The molecule has 0 fully saturated rings. The van der Waals surface area contributed by atoms with Crippen molar-refractivity contribution in [2.75, 3.05) is 6.61 Å². The van der Waals surface area contributed by atoms with E-state index in [-0.39, 0.29) is 5.69 Å². The molecule has 0 aliphatic carbocycles. The van der Waals surface area contributed by atoms with Crippen LogP contribution in [0.2, 0.25) is 5.02 Å². The van der Waals surface area contributed by atoms with Gasteiger partial charge in [-0.1, -0.05) is 28.9 Å². The number of nitrogens with one attached hydrogen (secondary N) is 1. The number of aromatic nitrogens is 3. The van der Waals surface area contributed by atoms with Crippen molar-refractivity contribution in [3.05, 3.63) is 46.7 Å². The summed E-state index contributed by atoms with van der Waals surface area (Å²) in [4.78, 5) is 11.2. The standard InChI is InChI=1S/C12H14ClN5O2/c13-10-3-1-9(2-4-10)8-20-6-5-18-7-11(16-17-18)12(19)15-14/h1-4,7H,5-6,8,14H2,(H,15,19). The lowest BCUT2D eigenvalue weighted by Crippen LogP contribution is -2.30. The zero-order valence-electron chi connectivity index (χ0n) is 10.6. The number of hydrogen-bond acceptors (Lipinski definition) is 5. The molecule has 0 saturated heterocycles. The summed E-state index contributed by atoms with van der Waals surface area (Å²) in [6, 6.07) is 7.44. The summed E-state index contributed by atoms with van der Waals surface area (Å²) < 4.78 is 7.02. The predicted octanol–water partition coefficient (Wildman–Crippen LogP) is 0.752. The molecule has 2 rings (SSSR count). The van der Waals surface area contributed by atoms with Crippen LogP contribution in [0.3, 0.4) is 0 Å². The maximum atomic E-state index is 11.2. The normalized spacial score (nSPS) is 10.5. The third kappa shape index (κ3) is 4.02. The Hall–Kier alpha value is -1.96. The second kappa shape index (κ2) is 6.99. The second-order valence-corrected chi connectivity index (χ2v) is 4.46. The van der Waals surface area contributed by atoms with Gasteiger partial charge in [0.2, 0.25) is 0 Å². The van der Waals surface area contributed by atoms with E-state index in [1.165, 1.54) is 10.9 Å². The Morgan fingerprint density at radius 1 is 1.40 bits per heavy atom. The van der Waals surface area contributed by atoms with Crippen molar-refractivity contribution >= 4 is 17.5 Å². The number of hydrazine groups is 1. The highest BCUT2D eigenvalue weighted by Gasteiger charge is 2.08. The fourth-order valence-corrected chi connectivity index (χ4v) is 1.64. The molecule has 20 heavy (non-hydrogen) atoms. The number of hydrogen-bond donors (Lipinski definition) is 2. The first-order valence-electron chi connectivity index (χ1n) is 5.92. The van der Waals surface area contributed by atoms with E-state index in [4.69, 9.17) is 22.2 Å². The average molecular weight is 296 g/mol. The smallest absolute Gasteiger partial charge is 0.287 e. The monoisotopic (exact) mass is 295 g/mol. The summed E-state index contributed by atoms with van der Waals surface area (Å²) in [6.45, 7) is 1.44. The van der Waals surface area contributed by atoms with Crippen molar-refractivity contribution < 1.29 is 9.53 Å². The van der Waals surface area contributed by atoms with Crippen molar-refractivity contribution in [3.8, 4) is 0 Å². The number of benzene rings is 1. The minimum absolute atomic E-state index is 0.171. The van der Waals surface area contributed by atoms with Gasteiger partial charge in [0.15, 0.2) is 5.69 Å². The van der Waals surface area contributed by atoms with Gasteiger partial charge in [0.1, 0.15) is 0 Å². The molecule has 0 bridgehead atoms. The summed E-state index contributed by atoms with van der Waals surface area (Å²) >= 11 is 5.79. The third-order valence-electron chi connectivity index (χ3n) is 2.55. The van der Waals surface area contributed by atoms with Crippen molar-refractivity contribution in [1.29, 1.82) is 0 Å². The van der Waals surface area contributed by atoms with Crippen LogP contribution in [0.25, 0.3) is 0 Å². The molecule has 1 aromatic heterocycles. The van der Waals surface area contributed by atoms with Gasteiger partial charge < -0.3 is 4.74 Å². The Labute approximate surface area is 120 Å². The van der Waals surface area contributed by atoms with E-state index in [9.17, 15) is 4.79 Å². The molecular formula is C12H14ClN5O2. The van der Waals surface area contributed by atoms with Crippen LogP contribution in [-0.4, -0.2) is 27.5 Å². The lowest BCUT2D eigenvalue weighted by molar-refractivity contribution is 0.0948. The van der Waals surface area contributed by atoms with Crippen LogP contribution in [0.15, 0.2) is 30.5 Å². The predicted molar refractivity (Wildman–Crippen MR) is 72.8 cm³/mol. The number of nitrogens with two attached hydrogens (primary N) is 1. The van der Waals surface area contributed by atoms with E-state index in [2.05, 4.69) is 10.3 Å². The van der Waals surface area contributed by atoms with Gasteiger partial charge in [-0.25, -0.2) is 10.5 Å². The Morgan fingerprint density at radius 3 is 2.85 bits per heavy atom. The van der Waals surface area contributed by atoms with Crippen molar-refractivity contribution in [1.82, 2.24) is 20.4 Å². The Balaban J connectivity index is 1.74. The quantitative estimate of drug-likeness (QED) is 0.355. The Kier molecular flexibility index (Phi) is 5.05. The van der Waals surface area contributed by atoms with Crippen LogP contribution in [0, 0.1) is 0 Å². The van der Waals surface area contributed by atoms with E-state index < -0.39 is 5.91 Å². The van der Waals surface area contributed by atoms with Crippen molar-refractivity contribution in [2.24, 2.45) is 5.84 Å². The van der Waals surface area contributed by atoms with Gasteiger partial charge in [0.05, 0.1) is 26.0 Å². The number of nitrogen functional groups attached to an aromatic ring is 1. The number of carbonyl (C=O) groups excluding carboxylic acids is 1. The highest BCUT2D eigenvalue weighted by molar-refractivity contribution is 6.30. The molecule has 1 aromatic carbocycles. The van der Waals surface area contributed by atoms with E-state index in [1.807, 2.05) is 29.7 Å². The van der Waals surface area contributed by atoms with Gasteiger partial charge in [-0.2, -0.15) is 0 Å². The first kappa shape index (κ1) is 14.4. The first-order valence-corrected chi connectivity index (χ1v) is 6.30. The molecule has 1 amide bonds. The highest BCUT2D eigenvalue weighted by Crippen LogP contribution is 2.10. The van der Waals surface area contributed by atoms with Crippen LogP contribution < -0.4 is 11.3 Å². The Morgan fingerprint density at radius 2 is 2.15 bits per heavy atom. The highest BCUT2D eigenvalue weighted by atomic mass is 35.5. The van der Waals surface area contributed by atoms with E-state index in [0.29, 0.717) is 24.8 Å². The summed E-state index contributed by atoms with van der Waals surface area (Å²) in [5.41, 5.74) is 3.20. The molecule has 0 spiro atoms. The van der Waals surface area contributed by atoms with Gasteiger partial charge in [0.25, 0.3) is 5.91 Å². The number of carbonyl (C=O) groups is 1. The molecular weight excluding hydrogens is 282 g/mol. The van der Waals surface area contributed by atoms with Crippen LogP contribution in [0.1, 0.15) is 16.1 Å². The molecule has 7 nitrogen and oxygen atoms in total. The first-order chi connectivity index (χ1) is 9.69. The number of ether oxygens (including phenoxy) is 1. The fraction of sp³-hybridized carbons (Fsp3) is 0.250. The lowest BCUT2D eigenvalue weighted by Gasteiger charge is -2.04. The number of nitrogens with zero attached hydrogens (tertiary/aromatic N) is 3. The minimum atomic E-state index is -0.474. The molecule has 0 unspecified atom stereocenters. The zero-order chi connectivity index (χ0) is 14.4. The number of amides is 1. The molecule has 1 heterocycles. The summed E-state index contributed by atoms with van der Waals surface area (Å²) in [5.74, 6) is 4.53. The van der Waals surface area contributed by atoms with Gasteiger partial charge in [-0.15, -0.1) is 5.10 Å². The zero-order valence-corrected chi connectivity index (χ0v) is 11.4. The molecule has 8 heteroatoms. The third-order valence-corrected chi connectivity index (χ3v) is 2.80. The molecule has 0 saturated carbocycles. The van der Waals surface area contributed by atoms with Gasteiger partial charge in [-0.05, 0) is 17.7 Å². The topological polar surface area (TPSA) is 95.1 Å². The molecule has 2 aromatic rings. The fourth-order valence-electron chi connectivity index (χ4n) is 1.51. The summed E-state index contributed by atoms with van der Waals surface area (Å²) in [6.07, 6.45) is 1.51. The number of rotatable bonds is 6. The van der Waals surface area contributed by atoms with E-state index in [0.717, 1.165) is 5.56 Å². The SMILES string of the molecule is NNC(=O)c1cn(CCOCc2ccc(Cl)cc2)nn1. The molecule has 0 aliphatic rings. The van der Waals surface area contributed by atoms with Gasteiger partial charge >= 0.3 is 0 Å². The maximum absolute atomic E-state index is 11.2. The second-order valence-electron chi connectivity index (χ2n) is 4.02. The lowest BCUT2D eigenvalue weighted by atomic mass is 10.2. The van der Waals surface area contributed by atoms with Crippen molar-refractivity contribution in [3.63, 3.8) is 0 Å². The molecule has 0 aliphatic heterocycles. The van der Waals surface area contributed by atoms with Crippen LogP contribution in [0.5, 0.6) is 0 Å². The maximum Gasteiger partial charge on any atom is 0.287 e.